The molecule has 0 saturated carbocycles. The molecule has 0 aliphatic carbocycles. The maximum absolute atomic E-state index is 11.8. The highest BCUT2D eigenvalue weighted by atomic mass is 35.5. The van der Waals surface area contributed by atoms with E-state index in [2.05, 4.69) is 0 Å². The summed E-state index contributed by atoms with van der Waals surface area (Å²) in [4.78, 5) is 1.22. The Balaban J connectivity index is 1.97. The molecule has 2 aromatic rings. The Labute approximate surface area is 115 Å². The van der Waals surface area contributed by atoms with Crippen LogP contribution in [0.2, 0.25) is 5.02 Å². The minimum absolute atomic E-state index is 0.123. The highest BCUT2D eigenvalue weighted by Gasteiger charge is 2.14. The van der Waals surface area contributed by atoms with Gasteiger partial charge in [0.25, 0.3) is 10.1 Å². The smallest absolute Gasteiger partial charge is 0.266 e. The standard InChI is InChI=1S/C12H11ClO3S2/c13-10-3-5-12(6-4-10)18(14,15)16-8-7-11-2-1-9-17-11/h1-6,9H,7-8H2. The Morgan fingerprint density at radius 2 is 1.89 bits per heavy atom. The van der Waals surface area contributed by atoms with Gasteiger partial charge in [0.05, 0.1) is 11.5 Å². The zero-order valence-electron chi connectivity index (χ0n) is 9.37. The van der Waals surface area contributed by atoms with Crippen molar-refractivity contribution in [1.82, 2.24) is 0 Å². The molecule has 2 rings (SSSR count). The van der Waals surface area contributed by atoms with Crippen molar-refractivity contribution in [1.29, 1.82) is 0 Å². The monoisotopic (exact) mass is 302 g/mol. The molecule has 1 heterocycles. The Bertz CT molecular complexity index is 589. The van der Waals surface area contributed by atoms with Crippen LogP contribution in [0.3, 0.4) is 0 Å². The number of benzene rings is 1. The van der Waals surface area contributed by atoms with Crippen LogP contribution in [0.5, 0.6) is 0 Å². The lowest BCUT2D eigenvalue weighted by molar-refractivity contribution is 0.323. The van der Waals surface area contributed by atoms with E-state index in [-0.39, 0.29) is 11.5 Å². The molecule has 0 fully saturated rings. The Hall–Kier alpha value is -0.880. The molecule has 0 amide bonds. The van der Waals surface area contributed by atoms with Crippen LogP contribution in [0, 0.1) is 0 Å². The third kappa shape index (κ3) is 3.55. The molecular weight excluding hydrogens is 292 g/mol. The molecule has 0 aliphatic heterocycles. The van der Waals surface area contributed by atoms with Gasteiger partial charge in [0.2, 0.25) is 0 Å². The predicted octanol–water partition coefficient (Wildman–Crippen LogP) is 3.35. The van der Waals surface area contributed by atoms with Crippen LogP contribution < -0.4 is 0 Å². The molecule has 96 valence electrons. The second-order valence-electron chi connectivity index (χ2n) is 3.56. The Morgan fingerprint density at radius 1 is 1.17 bits per heavy atom. The van der Waals surface area contributed by atoms with Crippen LogP contribution in [0.15, 0.2) is 46.7 Å². The van der Waals surface area contributed by atoms with E-state index < -0.39 is 10.1 Å². The van der Waals surface area contributed by atoms with Crippen LogP contribution in [0.4, 0.5) is 0 Å². The van der Waals surface area contributed by atoms with Gasteiger partial charge in [-0.1, -0.05) is 17.7 Å². The first-order chi connectivity index (χ1) is 8.58. The van der Waals surface area contributed by atoms with Crippen molar-refractivity contribution in [2.75, 3.05) is 6.61 Å². The van der Waals surface area contributed by atoms with Gasteiger partial charge in [-0.15, -0.1) is 11.3 Å². The summed E-state index contributed by atoms with van der Waals surface area (Å²) in [6, 6.07) is 9.79. The molecule has 0 atom stereocenters. The molecule has 1 aromatic heterocycles. The van der Waals surface area contributed by atoms with Gasteiger partial charge in [-0.2, -0.15) is 8.42 Å². The highest BCUT2D eigenvalue weighted by molar-refractivity contribution is 7.86. The number of hydrogen-bond donors (Lipinski definition) is 0. The van der Waals surface area contributed by atoms with Crippen molar-refractivity contribution in [3.05, 3.63) is 51.7 Å². The van der Waals surface area contributed by atoms with E-state index in [0.717, 1.165) is 4.88 Å². The number of rotatable bonds is 5. The van der Waals surface area contributed by atoms with Crippen LogP contribution in [-0.4, -0.2) is 15.0 Å². The predicted molar refractivity (Wildman–Crippen MR) is 72.6 cm³/mol. The summed E-state index contributed by atoms with van der Waals surface area (Å²) in [6.07, 6.45) is 0.588. The van der Waals surface area contributed by atoms with Gasteiger partial charge in [-0.05, 0) is 35.7 Å². The van der Waals surface area contributed by atoms with E-state index in [0.29, 0.717) is 11.4 Å². The topological polar surface area (TPSA) is 43.4 Å². The molecule has 1 aromatic carbocycles. The lowest BCUT2D eigenvalue weighted by Gasteiger charge is -2.04. The first-order valence-corrected chi connectivity index (χ1v) is 7.92. The largest absolute Gasteiger partial charge is 0.296 e. The minimum atomic E-state index is -3.68. The number of halogens is 1. The molecule has 0 saturated heterocycles. The van der Waals surface area contributed by atoms with Crippen LogP contribution in [-0.2, 0) is 20.7 Å². The molecule has 0 N–H and O–H groups in total. The van der Waals surface area contributed by atoms with E-state index in [1.54, 1.807) is 11.3 Å². The lowest BCUT2D eigenvalue weighted by Crippen LogP contribution is -2.08. The van der Waals surface area contributed by atoms with Gasteiger partial charge in [0, 0.05) is 16.3 Å². The van der Waals surface area contributed by atoms with Crippen molar-refractivity contribution >= 4 is 33.1 Å². The summed E-state index contributed by atoms with van der Waals surface area (Å²) in [5.74, 6) is 0. The van der Waals surface area contributed by atoms with Crippen molar-refractivity contribution in [2.24, 2.45) is 0 Å². The zero-order valence-corrected chi connectivity index (χ0v) is 11.8. The average Bonchev–Trinajstić information content (AvgIpc) is 2.82. The fourth-order valence-corrected chi connectivity index (χ4v) is 3.10. The van der Waals surface area contributed by atoms with Crippen molar-refractivity contribution in [3.8, 4) is 0 Å². The molecule has 18 heavy (non-hydrogen) atoms. The zero-order chi connectivity index (χ0) is 13.0. The van der Waals surface area contributed by atoms with Gasteiger partial charge in [-0.25, -0.2) is 0 Å². The molecule has 0 aliphatic rings. The second kappa shape index (κ2) is 5.84. The van der Waals surface area contributed by atoms with E-state index in [1.165, 1.54) is 24.3 Å². The summed E-state index contributed by atoms with van der Waals surface area (Å²) in [7, 11) is -3.68. The fraction of sp³-hybridized carbons (Fsp3) is 0.167. The summed E-state index contributed by atoms with van der Waals surface area (Å²) in [5, 5.41) is 2.44. The van der Waals surface area contributed by atoms with Crippen molar-refractivity contribution in [3.63, 3.8) is 0 Å². The molecule has 0 bridgehead atoms. The second-order valence-corrected chi connectivity index (χ2v) is 6.64. The van der Waals surface area contributed by atoms with E-state index >= 15 is 0 Å². The minimum Gasteiger partial charge on any atom is -0.266 e. The summed E-state index contributed by atoms with van der Waals surface area (Å²) < 4.78 is 28.6. The number of hydrogen-bond acceptors (Lipinski definition) is 4. The molecule has 0 radical (unpaired) electrons. The van der Waals surface area contributed by atoms with Crippen LogP contribution in [0.25, 0.3) is 0 Å². The molecule has 3 nitrogen and oxygen atoms in total. The Morgan fingerprint density at radius 3 is 2.50 bits per heavy atom. The maximum atomic E-state index is 11.8. The summed E-state index contributed by atoms with van der Waals surface area (Å²) in [6.45, 7) is 0.144. The quantitative estimate of drug-likeness (QED) is 0.796. The molecule has 6 heteroatoms. The fourth-order valence-electron chi connectivity index (χ4n) is 1.38. The third-order valence-electron chi connectivity index (χ3n) is 2.27. The first kappa shape index (κ1) is 13.5. The van der Waals surface area contributed by atoms with Gasteiger partial charge in [-0.3, -0.25) is 4.18 Å². The summed E-state index contributed by atoms with van der Waals surface area (Å²) in [5.41, 5.74) is 0. The van der Waals surface area contributed by atoms with Gasteiger partial charge in [0.1, 0.15) is 0 Å². The highest BCUT2D eigenvalue weighted by Crippen LogP contribution is 2.17. The summed E-state index contributed by atoms with van der Waals surface area (Å²) >= 11 is 7.28. The average molecular weight is 303 g/mol. The lowest BCUT2D eigenvalue weighted by atomic mass is 10.4. The van der Waals surface area contributed by atoms with E-state index in [4.69, 9.17) is 15.8 Å². The van der Waals surface area contributed by atoms with Gasteiger partial charge >= 0.3 is 0 Å². The normalized spacial score (nSPS) is 11.6. The first-order valence-electron chi connectivity index (χ1n) is 5.25. The maximum Gasteiger partial charge on any atom is 0.296 e. The van der Waals surface area contributed by atoms with Gasteiger partial charge < -0.3 is 0 Å². The molecule has 0 spiro atoms. The van der Waals surface area contributed by atoms with Crippen LogP contribution in [0.1, 0.15) is 4.88 Å². The SMILES string of the molecule is O=S(=O)(OCCc1cccs1)c1ccc(Cl)cc1. The molecule has 0 unspecified atom stereocenters. The van der Waals surface area contributed by atoms with Crippen LogP contribution >= 0.6 is 22.9 Å². The third-order valence-corrected chi connectivity index (χ3v) is 4.78. The molecular formula is C12H11ClO3S2. The van der Waals surface area contributed by atoms with Crippen molar-refractivity contribution in [2.45, 2.75) is 11.3 Å². The van der Waals surface area contributed by atoms with Gasteiger partial charge in [0.15, 0.2) is 0 Å². The van der Waals surface area contributed by atoms with E-state index in [1.807, 2.05) is 17.5 Å². The van der Waals surface area contributed by atoms with E-state index in [9.17, 15) is 8.42 Å². The number of thiophene rings is 1. The van der Waals surface area contributed by atoms with Crippen molar-refractivity contribution < 1.29 is 12.6 Å². The Kier molecular flexibility index (Phi) is 4.40.